The molecule has 34 heavy (non-hydrogen) atoms. The lowest BCUT2D eigenvalue weighted by Crippen LogP contribution is -2.27. The first-order valence-electron chi connectivity index (χ1n) is 11.3. The van der Waals surface area contributed by atoms with Crippen LogP contribution in [-0.4, -0.2) is 37.7 Å². The normalized spacial score (nSPS) is 14.9. The second-order valence-corrected chi connectivity index (χ2v) is 9.04. The molecule has 3 aromatic rings. The third-order valence-corrected chi connectivity index (χ3v) is 6.46. The van der Waals surface area contributed by atoms with Crippen molar-refractivity contribution in [2.45, 2.75) is 25.2 Å². The number of nitrogens with zero attached hydrogens (tertiary/aromatic N) is 1. The van der Waals surface area contributed by atoms with Crippen LogP contribution >= 0.6 is 0 Å². The molecule has 0 atom stereocenters. The molecule has 1 aliphatic carbocycles. The Morgan fingerprint density at radius 2 is 1.56 bits per heavy atom. The SMILES string of the molecule is Cc1ccc(NC(=O)C2(c3ccc4c(c3)OCO4)CC2)cc1-c1ccc(NC(=O)N(C)C)cc1. The lowest BCUT2D eigenvalue weighted by molar-refractivity contribution is -0.118. The topological polar surface area (TPSA) is 79.9 Å². The average molecular weight is 458 g/mol. The zero-order valence-electron chi connectivity index (χ0n) is 19.5. The molecule has 0 radical (unpaired) electrons. The summed E-state index contributed by atoms with van der Waals surface area (Å²) in [6, 6.07) is 19.2. The summed E-state index contributed by atoms with van der Waals surface area (Å²) < 4.78 is 10.9. The third kappa shape index (κ3) is 4.05. The minimum absolute atomic E-state index is 0.0112. The number of ether oxygens (including phenoxy) is 2. The van der Waals surface area contributed by atoms with Crippen molar-refractivity contribution < 1.29 is 19.1 Å². The van der Waals surface area contributed by atoms with Crippen molar-refractivity contribution >= 4 is 23.3 Å². The number of anilines is 2. The Hall–Kier alpha value is -4.00. The molecule has 7 heteroatoms. The fourth-order valence-electron chi connectivity index (χ4n) is 4.20. The molecule has 3 amide bonds. The molecule has 0 saturated heterocycles. The highest BCUT2D eigenvalue weighted by molar-refractivity contribution is 6.02. The summed E-state index contributed by atoms with van der Waals surface area (Å²) in [5, 5.41) is 5.96. The van der Waals surface area contributed by atoms with Gasteiger partial charge in [-0.2, -0.15) is 0 Å². The van der Waals surface area contributed by atoms with Gasteiger partial charge in [-0.05, 0) is 78.4 Å². The molecule has 1 heterocycles. The van der Waals surface area contributed by atoms with Crippen molar-refractivity contribution in [1.29, 1.82) is 0 Å². The monoisotopic (exact) mass is 457 g/mol. The summed E-state index contributed by atoms with van der Waals surface area (Å²) in [4.78, 5) is 26.7. The van der Waals surface area contributed by atoms with E-state index in [2.05, 4.69) is 10.6 Å². The van der Waals surface area contributed by atoms with Crippen LogP contribution in [0.2, 0.25) is 0 Å². The van der Waals surface area contributed by atoms with Gasteiger partial charge in [-0.3, -0.25) is 4.79 Å². The van der Waals surface area contributed by atoms with Gasteiger partial charge >= 0.3 is 6.03 Å². The number of urea groups is 1. The predicted molar refractivity (Wildman–Crippen MR) is 131 cm³/mol. The molecule has 174 valence electrons. The van der Waals surface area contributed by atoms with Crippen molar-refractivity contribution in [3.8, 4) is 22.6 Å². The van der Waals surface area contributed by atoms with Gasteiger partial charge in [0.2, 0.25) is 12.7 Å². The van der Waals surface area contributed by atoms with Gasteiger partial charge in [-0.25, -0.2) is 4.79 Å². The van der Waals surface area contributed by atoms with Gasteiger partial charge in [-0.15, -0.1) is 0 Å². The van der Waals surface area contributed by atoms with E-state index < -0.39 is 5.41 Å². The van der Waals surface area contributed by atoms with Crippen LogP contribution in [0.25, 0.3) is 11.1 Å². The maximum atomic E-state index is 13.3. The van der Waals surface area contributed by atoms with Crippen molar-refractivity contribution in [2.24, 2.45) is 0 Å². The summed E-state index contributed by atoms with van der Waals surface area (Å²) in [5.74, 6) is 1.40. The third-order valence-electron chi connectivity index (χ3n) is 6.46. The van der Waals surface area contributed by atoms with E-state index in [1.165, 1.54) is 4.90 Å². The number of fused-ring (bicyclic) bond motifs is 1. The lowest BCUT2D eigenvalue weighted by atomic mass is 9.94. The first kappa shape index (κ1) is 21.8. The van der Waals surface area contributed by atoms with E-state index in [1.54, 1.807) is 14.1 Å². The van der Waals surface area contributed by atoms with Crippen LogP contribution in [0, 0.1) is 6.92 Å². The smallest absolute Gasteiger partial charge is 0.321 e. The largest absolute Gasteiger partial charge is 0.454 e. The summed E-state index contributed by atoms with van der Waals surface area (Å²) in [6.45, 7) is 2.25. The van der Waals surface area contributed by atoms with Crippen molar-refractivity contribution in [2.75, 3.05) is 31.5 Å². The molecule has 5 rings (SSSR count). The lowest BCUT2D eigenvalue weighted by Gasteiger charge is -2.17. The molecule has 0 unspecified atom stereocenters. The number of carbonyl (C=O) groups excluding carboxylic acids is 2. The summed E-state index contributed by atoms with van der Waals surface area (Å²) in [5.41, 5.74) is 5.03. The Morgan fingerprint density at radius 3 is 2.26 bits per heavy atom. The van der Waals surface area contributed by atoms with Gasteiger partial charge < -0.3 is 25.0 Å². The summed E-state index contributed by atoms with van der Waals surface area (Å²) >= 11 is 0. The standard InChI is InChI=1S/C27H27N3O4/c1-17-4-8-21(15-22(17)18-5-9-20(10-6-18)29-26(32)30(2)3)28-25(31)27(12-13-27)19-7-11-23-24(14-19)34-16-33-23/h4-11,14-15H,12-13,16H2,1-3H3,(H,28,31)(H,29,32). The molecule has 0 spiro atoms. The van der Waals surface area contributed by atoms with Gasteiger partial charge in [0, 0.05) is 25.5 Å². The molecule has 7 nitrogen and oxygen atoms in total. The Morgan fingerprint density at radius 1 is 0.853 bits per heavy atom. The zero-order chi connectivity index (χ0) is 23.9. The molecular weight excluding hydrogens is 430 g/mol. The highest BCUT2D eigenvalue weighted by Gasteiger charge is 2.51. The van der Waals surface area contributed by atoms with Crippen LogP contribution in [0.3, 0.4) is 0 Å². The van der Waals surface area contributed by atoms with Crippen molar-refractivity contribution in [1.82, 2.24) is 4.90 Å². The minimum Gasteiger partial charge on any atom is -0.454 e. The van der Waals surface area contributed by atoms with Crippen LogP contribution in [0.5, 0.6) is 11.5 Å². The Balaban J connectivity index is 1.34. The van der Waals surface area contributed by atoms with Gasteiger partial charge in [0.1, 0.15) is 0 Å². The Labute approximate surface area is 198 Å². The predicted octanol–water partition coefficient (Wildman–Crippen LogP) is 5.15. The van der Waals surface area contributed by atoms with E-state index in [0.29, 0.717) is 5.75 Å². The fraction of sp³-hybridized carbons (Fsp3) is 0.259. The number of hydrogen-bond acceptors (Lipinski definition) is 4. The van der Waals surface area contributed by atoms with E-state index in [4.69, 9.17) is 9.47 Å². The molecule has 2 N–H and O–H groups in total. The summed E-state index contributed by atoms with van der Waals surface area (Å²) in [7, 11) is 3.40. The van der Waals surface area contributed by atoms with E-state index >= 15 is 0 Å². The van der Waals surface area contributed by atoms with Crippen LogP contribution in [0.4, 0.5) is 16.2 Å². The first-order valence-corrected chi connectivity index (χ1v) is 11.3. The van der Waals surface area contributed by atoms with Crippen LogP contribution in [0.1, 0.15) is 24.0 Å². The number of amides is 3. The Kier molecular flexibility index (Phi) is 5.40. The number of hydrogen-bond donors (Lipinski definition) is 2. The van der Waals surface area contributed by atoms with Gasteiger partial charge in [0.05, 0.1) is 5.41 Å². The maximum Gasteiger partial charge on any atom is 0.321 e. The average Bonchev–Trinajstić information content (AvgIpc) is 3.51. The second kappa shape index (κ2) is 8.41. The molecule has 1 saturated carbocycles. The van der Waals surface area contributed by atoms with E-state index in [-0.39, 0.29) is 18.7 Å². The minimum atomic E-state index is -0.529. The molecule has 1 fully saturated rings. The van der Waals surface area contributed by atoms with Gasteiger partial charge in [0.25, 0.3) is 0 Å². The highest BCUT2D eigenvalue weighted by atomic mass is 16.7. The molecule has 1 aliphatic heterocycles. The number of aryl methyl sites for hydroxylation is 1. The summed E-state index contributed by atoms with van der Waals surface area (Å²) in [6.07, 6.45) is 1.61. The second-order valence-electron chi connectivity index (χ2n) is 9.04. The number of benzene rings is 3. The number of rotatable bonds is 5. The molecule has 3 aromatic carbocycles. The van der Waals surface area contributed by atoms with E-state index in [0.717, 1.165) is 52.2 Å². The highest BCUT2D eigenvalue weighted by Crippen LogP contribution is 2.51. The van der Waals surface area contributed by atoms with Crippen LogP contribution < -0.4 is 20.1 Å². The molecule has 0 bridgehead atoms. The van der Waals surface area contributed by atoms with Crippen LogP contribution in [-0.2, 0) is 10.2 Å². The van der Waals surface area contributed by atoms with E-state index in [1.807, 2.05) is 67.6 Å². The maximum absolute atomic E-state index is 13.3. The van der Waals surface area contributed by atoms with Crippen molar-refractivity contribution in [3.05, 3.63) is 71.8 Å². The number of carbonyl (C=O) groups is 2. The number of nitrogens with one attached hydrogen (secondary N) is 2. The zero-order valence-corrected chi connectivity index (χ0v) is 19.5. The molecular formula is C27H27N3O4. The van der Waals surface area contributed by atoms with Crippen LogP contribution in [0.15, 0.2) is 60.7 Å². The Bertz CT molecular complexity index is 1260. The fourth-order valence-corrected chi connectivity index (χ4v) is 4.20. The quantitative estimate of drug-likeness (QED) is 0.555. The first-order chi connectivity index (χ1) is 16.4. The van der Waals surface area contributed by atoms with Crippen molar-refractivity contribution in [3.63, 3.8) is 0 Å². The van der Waals surface area contributed by atoms with E-state index in [9.17, 15) is 9.59 Å². The van der Waals surface area contributed by atoms with Gasteiger partial charge in [-0.1, -0.05) is 24.3 Å². The molecule has 2 aliphatic rings. The molecule has 0 aromatic heterocycles. The van der Waals surface area contributed by atoms with Gasteiger partial charge in [0.15, 0.2) is 11.5 Å².